The van der Waals surface area contributed by atoms with Gasteiger partial charge in [-0.05, 0) is 49.2 Å². The van der Waals surface area contributed by atoms with Gasteiger partial charge in [0, 0.05) is 57.5 Å². The van der Waals surface area contributed by atoms with Crippen molar-refractivity contribution in [2.45, 2.75) is 37.9 Å². The summed E-state index contributed by atoms with van der Waals surface area (Å²) in [5.41, 5.74) is 0.752. The Bertz CT molecular complexity index is 951. The fraction of sp³-hybridized carbons (Fsp3) is 0.500. The molecule has 1 unspecified atom stereocenters. The molecule has 4 heterocycles. The lowest BCUT2D eigenvalue weighted by molar-refractivity contribution is -0.142. The van der Waals surface area contributed by atoms with Crippen molar-refractivity contribution in [3.8, 4) is 5.75 Å². The van der Waals surface area contributed by atoms with E-state index in [0.29, 0.717) is 32.8 Å². The van der Waals surface area contributed by atoms with Gasteiger partial charge in [0.2, 0.25) is 5.91 Å². The number of nitrogens with one attached hydrogen (secondary N) is 1. The van der Waals surface area contributed by atoms with Crippen LogP contribution >= 0.6 is 0 Å². The zero-order valence-electron chi connectivity index (χ0n) is 18.6. The van der Waals surface area contributed by atoms with E-state index < -0.39 is 0 Å². The molecule has 1 aromatic heterocycles. The third-order valence-electron chi connectivity index (χ3n) is 6.52. The normalized spacial score (nSPS) is 21.5. The molecule has 3 fully saturated rings. The summed E-state index contributed by atoms with van der Waals surface area (Å²) in [7, 11) is 0. The molecule has 0 radical (unpaired) electrons. The number of nitrogens with zero attached hydrogens (tertiary/aromatic N) is 4. The summed E-state index contributed by atoms with van der Waals surface area (Å²) in [4.78, 5) is 28.9. The van der Waals surface area contributed by atoms with Crippen molar-refractivity contribution in [2.24, 2.45) is 5.92 Å². The van der Waals surface area contributed by atoms with Gasteiger partial charge in [-0.2, -0.15) is 5.10 Å². The maximum Gasteiger partial charge on any atom is 0.251 e. The van der Waals surface area contributed by atoms with E-state index in [4.69, 9.17) is 9.47 Å². The number of anilines is 2. The lowest BCUT2D eigenvalue weighted by atomic mass is 9.99. The number of benzene rings is 1. The average Bonchev–Trinajstić information content (AvgIpc) is 3.35. The van der Waals surface area contributed by atoms with Crippen LogP contribution < -0.4 is 15.0 Å². The zero-order chi connectivity index (χ0) is 22.6. The summed E-state index contributed by atoms with van der Waals surface area (Å²) in [6, 6.07) is 11.2. The highest BCUT2D eigenvalue weighted by Gasteiger charge is 2.34. The standard InChI is InChI=1S/C24H29N5O4/c30-23(17-15-29(16-17)22-4-1-11-25-27-22)26-18-5-7-19(8-6-18)33-20-9-12-28(13-10-20)24(31)21-3-2-14-32-21/h1,4-8,11,17,20-21H,2-3,9-10,12-16H2,(H,26,30). The number of ether oxygens (including phenoxy) is 2. The van der Waals surface area contributed by atoms with Crippen molar-refractivity contribution < 1.29 is 19.1 Å². The maximum atomic E-state index is 12.5. The Hall–Kier alpha value is -3.20. The number of likely N-dealkylation sites (tertiary alicyclic amines) is 1. The molecule has 3 aliphatic rings. The number of aromatic nitrogens is 2. The maximum absolute atomic E-state index is 12.5. The Kier molecular flexibility index (Phi) is 6.39. The third-order valence-corrected chi connectivity index (χ3v) is 6.52. The van der Waals surface area contributed by atoms with Crippen LogP contribution in [-0.2, 0) is 14.3 Å². The molecular weight excluding hydrogens is 422 g/mol. The van der Waals surface area contributed by atoms with Gasteiger partial charge in [0.15, 0.2) is 5.82 Å². The third kappa shape index (κ3) is 5.08. The van der Waals surface area contributed by atoms with Crippen molar-refractivity contribution in [2.75, 3.05) is 43.0 Å². The van der Waals surface area contributed by atoms with Crippen LogP contribution in [0, 0.1) is 5.92 Å². The minimum Gasteiger partial charge on any atom is -0.490 e. The quantitative estimate of drug-likeness (QED) is 0.718. The van der Waals surface area contributed by atoms with Crippen LogP contribution in [0.5, 0.6) is 5.75 Å². The minimum absolute atomic E-state index is 0.00656. The molecule has 1 N–H and O–H groups in total. The second kappa shape index (κ2) is 9.74. The first-order chi connectivity index (χ1) is 16.2. The molecule has 9 nitrogen and oxygen atoms in total. The first-order valence-corrected chi connectivity index (χ1v) is 11.7. The molecule has 0 saturated carbocycles. The topological polar surface area (TPSA) is 96.9 Å². The van der Waals surface area contributed by atoms with Crippen molar-refractivity contribution in [3.05, 3.63) is 42.6 Å². The van der Waals surface area contributed by atoms with E-state index in [0.717, 1.165) is 42.9 Å². The van der Waals surface area contributed by atoms with Crippen molar-refractivity contribution >= 4 is 23.3 Å². The first-order valence-electron chi connectivity index (χ1n) is 11.7. The molecular formula is C24H29N5O4. The lowest BCUT2D eigenvalue weighted by Crippen LogP contribution is -2.52. The smallest absolute Gasteiger partial charge is 0.251 e. The van der Waals surface area contributed by atoms with Gasteiger partial charge in [-0.1, -0.05) is 0 Å². The Labute approximate surface area is 193 Å². The summed E-state index contributed by atoms with van der Waals surface area (Å²) in [5, 5.41) is 10.9. The van der Waals surface area contributed by atoms with E-state index in [1.165, 1.54) is 0 Å². The number of amides is 2. The molecule has 33 heavy (non-hydrogen) atoms. The van der Waals surface area contributed by atoms with Crippen LogP contribution in [0.4, 0.5) is 11.5 Å². The van der Waals surface area contributed by atoms with Crippen LogP contribution in [-0.4, -0.2) is 71.9 Å². The van der Waals surface area contributed by atoms with Gasteiger partial charge in [-0.15, -0.1) is 5.10 Å². The molecule has 2 aromatic rings. The summed E-state index contributed by atoms with van der Waals surface area (Å²) < 4.78 is 11.6. The van der Waals surface area contributed by atoms with E-state index in [1.54, 1.807) is 6.20 Å². The summed E-state index contributed by atoms with van der Waals surface area (Å²) in [5.74, 6) is 1.63. The number of rotatable bonds is 6. The average molecular weight is 452 g/mol. The predicted octanol–water partition coefficient (Wildman–Crippen LogP) is 2.10. The molecule has 0 spiro atoms. The predicted molar refractivity (Wildman–Crippen MR) is 122 cm³/mol. The number of carbonyl (C=O) groups excluding carboxylic acids is 2. The molecule has 0 aliphatic carbocycles. The molecule has 3 saturated heterocycles. The summed E-state index contributed by atoms with van der Waals surface area (Å²) >= 11 is 0. The molecule has 1 aromatic carbocycles. The highest BCUT2D eigenvalue weighted by atomic mass is 16.5. The van der Waals surface area contributed by atoms with Crippen LogP contribution in [0.1, 0.15) is 25.7 Å². The molecule has 2 amide bonds. The van der Waals surface area contributed by atoms with Gasteiger partial charge < -0.3 is 24.6 Å². The number of piperidine rings is 1. The van der Waals surface area contributed by atoms with Gasteiger partial charge in [-0.3, -0.25) is 9.59 Å². The highest BCUT2D eigenvalue weighted by molar-refractivity contribution is 5.94. The number of carbonyl (C=O) groups is 2. The number of hydrogen-bond acceptors (Lipinski definition) is 7. The molecule has 5 rings (SSSR count). The first kappa shape index (κ1) is 21.6. The van der Waals surface area contributed by atoms with Crippen molar-refractivity contribution in [3.63, 3.8) is 0 Å². The van der Waals surface area contributed by atoms with Crippen molar-refractivity contribution in [1.29, 1.82) is 0 Å². The molecule has 1 atom stereocenters. The lowest BCUT2D eigenvalue weighted by Gasteiger charge is -2.38. The SMILES string of the molecule is O=C(Nc1ccc(OC2CCN(C(=O)C3CCCO3)CC2)cc1)C1CN(c2cccnn2)C1. The largest absolute Gasteiger partial charge is 0.490 e. The van der Waals surface area contributed by atoms with Gasteiger partial charge in [0.1, 0.15) is 18.0 Å². The van der Waals surface area contributed by atoms with Gasteiger partial charge >= 0.3 is 0 Å². The van der Waals surface area contributed by atoms with E-state index >= 15 is 0 Å². The fourth-order valence-corrected chi connectivity index (χ4v) is 4.52. The minimum atomic E-state index is -0.250. The second-order valence-electron chi connectivity index (χ2n) is 8.84. The van der Waals surface area contributed by atoms with E-state index in [1.807, 2.05) is 46.2 Å². The van der Waals surface area contributed by atoms with E-state index in [9.17, 15) is 9.59 Å². The van der Waals surface area contributed by atoms with Crippen LogP contribution in [0.25, 0.3) is 0 Å². The molecule has 9 heteroatoms. The van der Waals surface area contributed by atoms with Gasteiger partial charge in [0.05, 0.1) is 5.92 Å². The molecule has 3 aliphatic heterocycles. The fourth-order valence-electron chi connectivity index (χ4n) is 4.52. The monoisotopic (exact) mass is 451 g/mol. The van der Waals surface area contributed by atoms with Gasteiger partial charge in [0.25, 0.3) is 5.91 Å². The highest BCUT2D eigenvalue weighted by Crippen LogP contribution is 2.25. The summed E-state index contributed by atoms with van der Waals surface area (Å²) in [6.07, 6.45) is 4.88. The van der Waals surface area contributed by atoms with E-state index in [-0.39, 0.29) is 29.9 Å². The van der Waals surface area contributed by atoms with Gasteiger partial charge in [-0.25, -0.2) is 0 Å². The Morgan fingerprint density at radius 3 is 2.52 bits per heavy atom. The Morgan fingerprint density at radius 2 is 1.85 bits per heavy atom. The second-order valence-corrected chi connectivity index (χ2v) is 8.84. The number of hydrogen-bond donors (Lipinski definition) is 1. The molecule has 174 valence electrons. The van der Waals surface area contributed by atoms with Crippen molar-refractivity contribution in [1.82, 2.24) is 15.1 Å². The Morgan fingerprint density at radius 1 is 1.06 bits per heavy atom. The summed E-state index contributed by atoms with van der Waals surface area (Å²) in [6.45, 7) is 3.36. The zero-order valence-corrected chi connectivity index (χ0v) is 18.6. The van der Waals surface area contributed by atoms with Crippen LogP contribution in [0.15, 0.2) is 42.6 Å². The van der Waals surface area contributed by atoms with E-state index in [2.05, 4.69) is 15.5 Å². The van der Waals surface area contributed by atoms with Crippen LogP contribution in [0.3, 0.4) is 0 Å². The van der Waals surface area contributed by atoms with Crippen LogP contribution in [0.2, 0.25) is 0 Å². The Balaban J connectivity index is 1.05. The molecule has 0 bridgehead atoms.